The number of hydrogen-bond acceptors (Lipinski definition) is 4. The Morgan fingerprint density at radius 3 is 2.57 bits per heavy atom. The van der Waals surface area contributed by atoms with Crippen molar-refractivity contribution in [2.75, 3.05) is 26.2 Å². The molecule has 3 aliphatic heterocycles. The molecule has 4 heteroatoms. The molecule has 1 saturated carbocycles. The lowest BCUT2D eigenvalue weighted by Crippen LogP contribution is -2.60. The minimum atomic E-state index is -0.655. The molecule has 130 valence electrons. The lowest BCUT2D eigenvalue weighted by atomic mass is 9.65. The van der Waals surface area contributed by atoms with Gasteiger partial charge in [-0.1, -0.05) is 12.8 Å². The van der Waals surface area contributed by atoms with E-state index in [-0.39, 0.29) is 17.3 Å². The molecular weight excluding hydrogens is 290 g/mol. The first-order valence-corrected chi connectivity index (χ1v) is 9.21. The molecule has 0 amide bonds. The number of Topliss-reactive ketones (excluding diaryl/α,β-unsaturated/α-hetero) is 1. The monoisotopic (exact) mass is 321 g/mol. The average Bonchev–Trinajstić information content (AvgIpc) is 2.75. The molecule has 4 aliphatic rings. The molecular formula is C19H31NO3. The van der Waals surface area contributed by atoms with Crippen molar-refractivity contribution in [3.05, 3.63) is 11.8 Å². The van der Waals surface area contributed by atoms with Gasteiger partial charge in [0.1, 0.15) is 5.60 Å². The van der Waals surface area contributed by atoms with Crippen molar-refractivity contribution in [3.8, 4) is 0 Å². The molecule has 0 N–H and O–H groups in total. The molecule has 0 aromatic carbocycles. The Labute approximate surface area is 140 Å². The summed E-state index contributed by atoms with van der Waals surface area (Å²) in [5, 5.41) is 0. The normalized spacial score (nSPS) is 36.2. The highest BCUT2D eigenvalue weighted by molar-refractivity contribution is 6.03. The Kier molecular flexibility index (Phi) is 4.84. The molecule has 4 nitrogen and oxygen atoms in total. The molecule has 3 heterocycles. The van der Waals surface area contributed by atoms with Gasteiger partial charge in [-0.05, 0) is 59.5 Å². The number of carbonyl (C=O) groups excluding carboxylic acids is 1. The summed E-state index contributed by atoms with van der Waals surface area (Å²) in [6, 6.07) is 0. The topological polar surface area (TPSA) is 38.8 Å². The zero-order valence-electron chi connectivity index (χ0n) is 14.9. The number of fused-ring (bicyclic) bond motifs is 3. The van der Waals surface area contributed by atoms with E-state index in [1.165, 1.54) is 38.8 Å². The maximum atomic E-state index is 12.7. The number of likely N-dealkylation sites (tertiary alicyclic amines) is 1. The van der Waals surface area contributed by atoms with Crippen LogP contribution in [-0.2, 0) is 14.3 Å². The highest BCUT2D eigenvalue weighted by Gasteiger charge is 2.56. The van der Waals surface area contributed by atoms with Gasteiger partial charge in [0.25, 0.3) is 0 Å². The molecule has 0 aromatic rings. The summed E-state index contributed by atoms with van der Waals surface area (Å²) in [6.07, 6.45) is 8.88. The Morgan fingerprint density at radius 1 is 1.22 bits per heavy atom. The van der Waals surface area contributed by atoms with Gasteiger partial charge in [-0.25, -0.2) is 0 Å². The average molecular weight is 321 g/mol. The Balaban J connectivity index is 1.57. The van der Waals surface area contributed by atoms with Crippen molar-refractivity contribution in [1.82, 2.24) is 4.90 Å². The van der Waals surface area contributed by atoms with Gasteiger partial charge in [0, 0.05) is 18.0 Å². The molecule has 0 radical (unpaired) electrons. The lowest BCUT2D eigenvalue weighted by molar-refractivity contribution is -0.207. The molecule has 3 saturated heterocycles. The van der Waals surface area contributed by atoms with Crippen molar-refractivity contribution in [3.63, 3.8) is 0 Å². The van der Waals surface area contributed by atoms with Crippen LogP contribution in [0.25, 0.3) is 0 Å². The number of ether oxygens (including phenoxy) is 2. The molecule has 1 aliphatic carbocycles. The van der Waals surface area contributed by atoms with E-state index in [1.54, 1.807) is 6.26 Å². The van der Waals surface area contributed by atoms with E-state index in [1.807, 2.05) is 6.92 Å². The van der Waals surface area contributed by atoms with Crippen LogP contribution < -0.4 is 0 Å². The fraction of sp³-hybridized carbons (Fsp3) is 0.842. The quantitative estimate of drug-likeness (QED) is 0.452. The first-order valence-electron chi connectivity index (χ1n) is 9.21. The third-order valence-electron chi connectivity index (χ3n) is 5.79. The summed E-state index contributed by atoms with van der Waals surface area (Å²) < 4.78 is 11.9. The minimum Gasteiger partial charge on any atom is -0.499 e. The van der Waals surface area contributed by atoms with E-state index in [2.05, 4.69) is 18.7 Å². The standard InChI is InChI=1S/C19H31NO3/c1-18(2)16-8-9-19(3,23-18)17(21)15(16)14-22-13-12-20-10-6-4-5-7-11-20/h14,16H,4-13H2,1-3H3/b15-14-. The third kappa shape index (κ3) is 3.48. The van der Waals surface area contributed by atoms with Crippen LogP contribution in [0.5, 0.6) is 0 Å². The largest absolute Gasteiger partial charge is 0.499 e. The van der Waals surface area contributed by atoms with E-state index in [4.69, 9.17) is 9.47 Å². The summed E-state index contributed by atoms with van der Waals surface area (Å²) >= 11 is 0. The van der Waals surface area contributed by atoms with Gasteiger partial charge in [-0.15, -0.1) is 0 Å². The zero-order chi connectivity index (χ0) is 16.5. The summed E-state index contributed by atoms with van der Waals surface area (Å²) in [7, 11) is 0. The SMILES string of the molecule is CC12CCC(/C(=C/OCCN3CCCCCC3)C1=O)C(C)(C)O2. The van der Waals surface area contributed by atoms with E-state index >= 15 is 0 Å². The summed E-state index contributed by atoms with van der Waals surface area (Å²) in [5.74, 6) is 0.290. The first kappa shape index (κ1) is 17.0. The van der Waals surface area contributed by atoms with Crippen molar-refractivity contribution in [1.29, 1.82) is 0 Å². The van der Waals surface area contributed by atoms with E-state index < -0.39 is 5.60 Å². The van der Waals surface area contributed by atoms with Crippen LogP contribution in [0.2, 0.25) is 0 Å². The number of rotatable bonds is 4. The van der Waals surface area contributed by atoms with Crippen LogP contribution in [0.1, 0.15) is 59.3 Å². The van der Waals surface area contributed by atoms with Crippen LogP contribution in [0, 0.1) is 5.92 Å². The van der Waals surface area contributed by atoms with Crippen LogP contribution in [0.15, 0.2) is 11.8 Å². The number of ketones is 1. The highest BCUT2D eigenvalue weighted by atomic mass is 16.5. The predicted molar refractivity (Wildman–Crippen MR) is 90.2 cm³/mol. The molecule has 2 unspecified atom stereocenters. The molecule has 0 aromatic heterocycles. The summed E-state index contributed by atoms with van der Waals surface area (Å²) in [6.45, 7) is 10.1. The van der Waals surface area contributed by atoms with Crippen molar-refractivity contribution in [2.24, 2.45) is 5.92 Å². The van der Waals surface area contributed by atoms with Gasteiger partial charge in [0.2, 0.25) is 0 Å². The van der Waals surface area contributed by atoms with Gasteiger partial charge in [0.15, 0.2) is 5.78 Å². The molecule has 4 fully saturated rings. The first-order chi connectivity index (χ1) is 10.9. The van der Waals surface area contributed by atoms with Crippen LogP contribution >= 0.6 is 0 Å². The van der Waals surface area contributed by atoms with Gasteiger partial charge in [0.05, 0.1) is 18.5 Å². The molecule has 2 atom stereocenters. The molecule has 2 bridgehead atoms. The highest BCUT2D eigenvalue weighted by Crippen LogP contribution is 2.50. The fourth-order valence-electron chi connectivity index (χ4n) is 4.45. The van der Waals surface area contributed by atoms with Crippen molar-refractivity contribution >= 4 is 5.78 Å². The van der Waals surface area contributed by atoms with Gasteiger partial charge < -0.3 is 9.47 Å². The fourth-order valence-corrected chi connectivity index (χ4v) is 4.45. The lowest BCUT2D eigenvalue weighted by Gasteiger charge is -2.53. The van der Waals surface area contributed by atoms with Crippen molar-refractivity contribution in [2.45, 2.75) is 70.5 Å². The predicted octanol–water partition coefficient (Wildman–Crippen LogP) is 3.31. The number of nitrogens with zero attached hydrogens (tertiary/aromatic N) is 1. The maximum absolute atomic E-state index is 12.7. The van der Waals surface area contributed by atoms with Crippen LogP contribution in [0.4, 0.5) is 0 Å². The Bertz CT molecular complexity index is 477. The Hall–Kier alpha value is -0.870. The van der Waals surface area contributed by atoms with Gasteiger partial charge >= 0.3 is 0 Å². The second-order valence-corrected chi connectivity index (χ2v) is 8.06. The maximum Gasteiger partial charge on any atom is 0.193 e. The van der Waals surface area contributed by atoms with E-state index in [0.717, 1.165) is 25.0 Å². The van der Waals surface area contributed by atoms with Gasteiger partial charge in [-0.3, -0.25) is 9.69 Å². The summed E-state index contributed by atoms with van der Waals surface area (Å²) in [4.78, 5) is 15.1. The molecule has 4 rings (SSSR count). The molecule has 23 heavy (non-hydrogen) atoms. The molecule has 0 spiro atoms. The second-order valence-electron chi connectivity index (χ2n) is 8.06. The number of hydrogen-bond donors (Lipinski definition) is 0. The van der Waals surface area contributed by atoms with Gasteiger partial charge in [-0.2, -0.15) is 0 Å². The van der Waals surface area contributed by atoms with Crippen LogP contribution in [-0.4, -0.2) is 48.1 Å². The second kappa shape index (κ2) is 6.56. The van der Waals surface area contributed by atoms with Crippen molar-refractivity contribution < 1.29 is 14.3 Å². The van der Waals surface area contributed by atoms with E-state index in [0.29, 0.717) is 6.61 Å². The third-order valence-corrected chi connectivity index (χ3v) is 5.79. The van der Waals surface area contributed by atoms with E-state index in [9.17, 15) is 4.79 Å². The zero-order valence-corrected chi connectivity index (χ0v) is 14.9. The number of carbonyl (C=O) groups is 1. The van der Waals surface area contributed by atoms with Crippen LogP contribution in [0.3, 0.4) is 0 Å². The summed E-state index contributed by atoms with van der Waals surface area (Å²) in [5.41, 5.74) is -0.0927. The minimum absolute atomic E-state index is 0.128. The Morgan fingerprint density at radius 2 is 1.91 bits per heavy atom. The smallest absolute Gasteiger partial charge is 0.193 e.